The molecule has 0 aromatic heterocycles. The van der Waals surface area contributed by atoms with Gasteiger partial charge in [-0.2, -0.15) is 17.0 Å². The van der Waals surface area contributed by atoms with Crippen LogP contribution in [-0.4, -0.2) is 16.9 Å². The van der Waals surface area contributed by atoms with E-state index in [1.807, 2.05) is 17.8 Å². The molecule has 0 aliphatic heterocycles. The number of nitrogens with zero attached hydrogens (tertiary/aromatic N) is 1. The van der Waals surface area contributed by atoms with Crippen LogP contribution >= 0.6 is 11.8 Å². The fourth-order valence-electron chi connectivity index (χ4n) is 1.32. The lowest BCUT2D eigenvalue weighted by atomic mass is 10.2. The molecule has 0 radical (unpaired) electrons. The molecule has 1 rings (SSSR count). The Hall–Kier alpha value is -1.47. The summed E-state index contributed by atoms with van der Waals surface area (Å²) in [5.74, 6) is 0.868. The zero-order chi connectivity index (χ0) is 13.4. The molecule has 0 spiro atoms. The van der Waals surface area contributed by atoms with Crippen molar-refractivity contribution in [1.29, 1.82) is 5.26 Å². The lowest BCUT2D eigenvalue weighted by Crippen LogP contribution is -2.12. The molecule has 1 aromatic rings. The molecule has 0 fully saturated rings. The van der Waals surface area contributed by atoms with Crippen molar-refractivity contribution in [2.24, 2.45) is 0 Å². The monoisotopic (exact) mass is 262 g/mol. The maximum atomic E-state index is 11.6. The van der Waals surface area contributed by atoms with Crippen LogP contribution in [0, 0.1) is 11.3 Å². The number of benzene rings is 1. The average Bonchev–Trinajstić information content (AvgIpc) is 2.39. The number of anilines is 1. The smallest absolute Gasteiger partial charge is 0.225 e. The number of hydrogen-bond acceptors (Lipinski definition) is 3. The molecule has 0 heterocycles. The summed E-state index contributed by atoms with van der Waals surface area (Å²) in [6.45, 7) is 4.32. The van der Waals surface area contributed by atoms with Crippen LogP contribution in [-0.2, 0) is 4.79 Å². The summed E-state index contributed by atoms with van der Waals surface area (Å²) < 4.78 is 0. The van der Waals surface area contributed by atoms with Crippen LogP contribution < -0.4 is 5.32 Å². The minimum atomic E-state index is 0.0236. The van der Waals surface area contributed by atoms with Gasteiger partial charge in [-0.15, -0.1) is 0 Å². The second-order valence-corrected chi connectivity index (χ2v) is 5.62. The Kier molecular flexibility index (Phi) is 6.31. The second kappa shape index (κ2) is 7.78. The summed E-state index contributed by atoms with van der Waals surface area (Å²) in [5.41, 5.74) is 1.34. The summed E-state index contributed by atoms with van der Waals surface area (Å²) in [6.07, 6.45) is 1.65. The van der Waals surface area contributed by atoms with Gasteiger partial charge in [-0.1, -0.05) is 13.8 Å². The molecular weight excluding hydrogens is 244 g/mol. The van der Waals surface area contributed by atoms with Gasteiger partial charge in [-0.3, -0.25) is 4.79 Å². The second-order valence-electron chi connectivity index (χ2n) is 4.08. The minimum Gasteiger partial charge on any atom is -0.326 e. The van der Waals surface area contributed by atoms with Crippen LogP contribution in [0.2, 0.25) is 0 Å². The van der Waals surface area contributed by atoms with Crippen LogP contribution in [0.3, 0.4) is 0 Å². The molecule has 0 saturated carbocycles. The van der Waals surface area contributed by atoms with E-state index in [-0.39, 0.29) is 5.91 Å². The highest BCUT2D eigenvalue weighted by Gasteiger charge is 2.04. The first-order chi connectivity index (χ1) is 8.65. The molecule has 1 N–H and O–H groups in total. The van der Waals surface area contributed by atoms with Crippen molar-refractivity contribution in [1.82, 2.24) is 0 Å². The van der Waals surface area contributed by atoms with Gasteiger partial charge in [0.15, 0.2) is 0 Å². The third-order valence-electron chi connectivity index (χ3n) is 2.60. The van der Waals surface area contributed by atoms with E-state index >= 15 is 0 Å². The molecule has 1 unspecified atom stereocenters. The van der Waals surface area contributed by atoms with Crippen molar-refractivity contribution in [3.05, 3.63) is 29.8 Å². The molecule has 0 aliphatic rings. The fourth-order valence-corrected chi connectivity index (χ4v) is 2.26. The van der Waals surface area contributed by atoms with Gasteiger partial charge >= 0.3 is 0 Å². The Balaban J connectivity index is 2.33. The Labute approximate surface area is 113 Å². The molecular formula is C14H18N2OS. The molecule has 0 bridgehead atoms. The number of amides is 1. The third-order valence-corrected chi connectivity index (χ3v) is 3.95. The first-order valence-corrected chi connectivity index (χ1v) is 7.12. The highest BCUT2D eigenvalue weighted by atomic mass is 32.2. The number of carbonyl (C=O) groups is 1. The Morgan fingerprint density at radius 3 is 2.67 bits per heavy atom. The number of rotatable bonds is 6. The first-order valence-electron chi connectivity index (χ1n) is 6.07. The Bertz CT molecular complexity index is 422. The van der Waals surface area contributed by atoms with E-state index < -0.39 is 0 Å². The highest BCUT2D eigenvalue weighted by Crippen LogP contribution is 2.15. The Morgan fingerprint density at radius 2 is 2.11 bits per heavy atom. The van der Waals surface area contributed by atoms with Crippen LogP contribution in [0.5, 0.6) is 0 Å². The van der Waals surface area contributed by atoms with Crippen molar-refractivity contribution in [2.75, 3.05) is 11.1 Å². The Morgan fingerprint density at radius 1 is 1.44 bits per heavy atom. The third kappa shape index (κ3) is 5.24. The van der Waals surface area contributed by atoms with E-state index in [2.05, 4.69) is 19.2 Å². The van der Waals surface area contributed by atoms with Gasteiger partial charge in [0.2, 0.25) is 5.91 Å². The fraction of sp³-hybridized carbons (Fsp3) is 0.429. The molecule has 1 amide bonds. The quantitative estimate of drug-likeness (QED) is 0.854. The van der Waals surface area contributed by atoms with Crippen molar-refractivity contribution in [3.63, 3.8) is 0 Å². The van der Waals surface area contributed by atoms with E-state index in [1.54, 1.807) is 24.3 Å². The first kappa shape index (κ1) is 14.6. The average molecular weight is 262 g/mol. The molecule has 96 valence electrons. The lowest BCUT2D eigenvalue weighted by Gasteiger charge is -2.08. The van der Waals surface area contributed by atoms with Gasteiger partial charge in [0.05, 0.1) is 11.6 Å². The van der Waals surface area contributed by atoms with Gasteiger partial charge < -0.3 is 5.32 Å². The van der Waals surface area contributed by atoms with E-state index in [0.29, 0.717) is 17.2 Å². The number of thioether (sulfide) groups is 1. The van der Waals surface area contributed by atoms with Crippen molar-refractivity contribution in [2.45, 2.75) is 31.9 Å². The SMILES string of the molecule is CCC(C)SCCC(=O)Nc1ccc(C#N)cc1. The minimum absolute atomic E-state index is 0.0236. The molecule has 1 aromatic carbocycles. The van der Waals surface area contributed by atoms with Crippen molar-refractivity contribution in [3.8, 4) is 6.07 Å². The standard InChI is InChI=1S/C14H18N2OS/c1-3-11(2)18-9-8-14(17)16-13-6-4-12(10-15)5-7-13/h4-7,11H,3,8-9H2,1-2H3,(H,16,17). The normalized spacial score (nSPS) is 11.6. The van der Waals surface area contributed by atoms with Gasteiger partial charge in [-0.05, 0) is 30.7 Å². The van der Waals surface area contributed by atoms with E-state index in [1.165, 1.54) is 0 Å². The zero-order valence-electron chi connectivity index (χ0n) is 10.8. The highest BCUT2D eigenvalue weighted by molar-refractivity contribution is 7.99. The zero-order valence-corrected chi connectivity index (χ0v) is 11.6. The summed E-state index contributed by atoms with van der Waals surface area (Å²) in [4.78, 5) is 11.6. The van der Waals surface area contributed by atoms with E-state index in [0.717, 1.165) is 17.9 Å². The van der Waals surface area contributed by atoms with Gasteiger partial charge in [0, 0.05) is 23.1 Å². The van der Waals surface area contributed by atoms with Crippen LogP contribution in [0.4, 0.5) is 5.69 Å². The van der Waals surface area contributed by atoms with Gasteiger partial charge in [0.1, 0.15) is 0 Å². The summed E-state index contributed by atoms with van der Waals surface area (Å²) >= 11 is 1.82. The van der Waals surface area contributed by atoms with E-state index in [9.17, 15) is 4.79 Å². The number of hydrogen-bond donors (Lipinski definition) is 1. The molecule has 0 saturated heterocycles. The predicted molar refractivity (Wildman–Crippen MR) is 76.6 cm³/mol. The molecule has 3 nitrogen and oxygen atoms in total. The predicted octanol–water partition coefficient (Wildman–Crippen LogP) is 3.42. The maximum absolute atomic E-state index is 11.6. The molecule has 1 atom stereocenters. The van der Waals surface area contributed by atoms with Gasteiger partial charge in [0.25, 0.3) is 0 Å². The van der Waals surface area contributed by atoms with Crippen molar-refractivity contribution >= 4 is 23.4 Å². The van der Waals surface area contributed by atoms with Crippen LogP contribution in [0.1, 0.15) is 32.3 Å². The van der Waals surface area contributed by atoms with Crippen molar-refractivity contribution < 1.29 is 4.79 Å². The summed E-state index contributed by atoms with van der Waals surface area (Å²) in [6, 6.07) is 8.94. The molecule has 4 heteroatoms. The molecule has 0 aliphatic carbocycles. The van der Waals surface area contributed by atoms with Gasteiger partial charge in [-0.25, -0.2) is 0 Å². The lowest BCUT2D eigenvalue weighted by molar-refractivity contribution is -0.115. The van der Waals surface area contributed by atoms with E-state index in [4.69, 9.17) is 5.26 Å². The number of nitrogens with one attached hydrogen (secondary N) is 1. The summed E-state index contributed by atoms with van der Waals surface area (Å²) in [7, 11) is 0. The van der Waals surface area contributed by atoms with Crippen LogP contribution in [0.25, 0.3) is 0 Å². The maximum Gasteiger partial charge on any atom is 0.225 e. The van der Waals surface area contributed by atoms with Crippen LogP contribution in [0.15, 0.2) is 24.3 Å². The number of carbonyl (C=O) groups excluding carboxylic acids is 1. The number of nitriles is 1. The molecule has 18 heavy (non-hydrogen) atoms. The topological polar surface area (TPSA) is 52.9 Å². The summed E-state index contributed by atoms with van der Waals surface area (Å²) in [5, 5.41) is 12.1. The largest absolute Gasteiger partial charge is 0.326 e.